The predicted octanol–water partition coefficient (Wildman–Crippen LogP) is 3.88. The summed E-state index contributed by atoms with van der Waals surface area (Å²) in [5, 5.41) is 15.7. The summed E-state index contributed by atoms with van der Waals surface area (Å²) in [4.78, 5) is 26.7. The number of carboxylic acids is 1. The average molecular weight is 511 g/mol. The summed E-state index contributed by atoms with van der Waals surface area (Å²) in [5.74, 6) is 0.683. The number of hydrogen-bond acceptors (Lipinski definition) is 9. The first-order chi connectivity index (χ1) is 17.9. The number of carbonyl (C=O) groups is 1. The Kier molecular flexibility index (Phi) is 8.68. The molecule has 37 heavy (non-hydrogen) atoms. The van der Waals surface area contributed by atoms with E-state index in [0.29, 0.717) is 55.1 Å². The molecule has 3 N–H and O–H groups in total. The molecule has 0 aliphatic heterocycles. The Hall–Kier alpha value is -3.99. The van der Waals surface area contributed by atoms with Crippen LogP contribution in [0.3, 0.4) is 0 Å². The molecule has 1 aliphatic rings. The van der Waals surface area contributed by atoms with Crippen molar-refractivity contribution >= 4 is 29.5 Å². The SMILES string of the molecule is CCOC(Cc1ccc(OCCN(C)c2nc(Nc3ccc(F)cc3)nc(NC3CC3)n2)cc1)C(=O)O. The van der Waals surface area contributed by atoms with Crippen LogP contribution in [0.4, 0.5) is 27.9 Å². The summed E-state index contributed by atoms with van der Waals surface area (Å²) in [6.07, 6.45) is 1.57. The second kappa shape index (κ2) is 12.3. The number of hydrogen-bond donors (Lipinski definition) is 3. The standard InChI is InChI=1S/C26H31FN6O4/c1-3-36-22(23(34)35)16-17-4-12-21(13-5-17)37-15-14-33(2)26-31-24(28-19-8-6-18(27)7-9-19)30-25(32-26)29-20-10-11-20/h4-9,12-13,20,22H,3,10-11,14-16H2,1-2H3,(H,34,35)(H2,28,29,30,31,32). The lowest BCUT2D eigenvalue weighted by Gasteiger charge is -2.19. The number of carboxylic acid groups (broad SMARTS) is 1. The molecule has 0 spiro atoms. The Bertz CT molecular complexity index is 1170. The lowest BCUT2D eigenvalue weighted by atomic mass is 10.1. The molecule has 196 valence electrons. The highest BCUT2D eigenvalue weighted by Gasteiger charge is 2.23. The molecule has 1 atom stereocenters. The molecular weight excluding hydrogens is 479 g/mol. The van der Waals surface area contributed by atoms with E-state index in [2.05, 4.69) is 25.6 Å². The van der Waals surface area contributed by atoms with Gasteiger partial charge in [0.15, 0.2) is 6.10 Å². The molecule has 10 nitrogen and oxygen atoms in total. The van der Waals surface area contributed by atoms with Crippen LogP contribution in [0.5, 0.6) is 5.75 Å². The maximum absolute atomic E-state index is 13.3. The molecule has 3 aromatic rings. The summed E-state index contributed by atoms with van der Waals surface area (Å²) in [7, 11) is 1.87. The van der Waals surface area contributed by atoms with Crippen molar-refractivity contribution in [2.45, 2.75) is 38.3 Å². The van der Waals surface area contributed by atoms with Crippen LogP contribution in [0.2, 0.25) is 0 Å². The van der Waals surface area contributed by atoms with Gasteiger partial charge in [-0.2, -0.15) is 15.0 Å². The number of anilines is 4. The lowest BCUT2D eigenvalue weighted by Crippen LogP contribution is -2.27. The number of benzene rings is 2. The van der Waals surface area contributed by atoms with Crippen molar-refractivity contribution in [2.75, 3.05) is 42.3 Å². The van der Waals surface area contributed by atoms with E-state index >= 15 is 0 Å². The number of aliphatic carboxylic acids is 1. The van der Waals surface area contributed by atoms with Crippen LogP contribution < -0.4 is 20.3 Å². The fourth-order valence-electron chi connectivity index (χ4n) is 3.48. The molecule has 0 saturated heterocycles. The van der Waals surface area contributed by atoms with Crippen molar-refractivity contribution in [3.8, 4) is 5.75 Å². The Morgan fingerprint density at radius 1 is 1.11 bits per heavy atom. The molecule has 1 heterocycles. The largest absolute Gasteiger partial charge is 0.492 e. The molecule has 1 aliphatic carbocycles. The van der Waals surface area contributed by atoms with Crippen LogP contribution in [0.25, 0.3) is 0 Å². The number of likely N-dealkylation sites (N-methyl/N-ethyl adjacent to an activating group) is 1. The zero-order valence-corrected chi connectivity index (χ0v) is 20.9. The molecule has 1 fully saturated rings. The normalized spacial score (nSPS) is 13.6. The molecule has 4 rings (SSSR count). The number of nitrogens with one attached hydrogen (secondary N) is 2. The third-order valence-corrected chi connectivity index (χ3v) is 5.66. The van der Waals surface area contributed by atoms with Crippen molar-refractivity contribution in [1.29, 1.82) is 0 Å². The van der Waals surface area contributed by atoms with Gasteiger partial charge < -0.3 is 30.1 Å². The molecule has 11 heteroatoms. The highest BCUT2D eigenvalue weighted by Crippen LogP contribution is 2.25. The average Bonchev–Trinajstić information content (AvgIpc) is 3.70. The summed E-state index contributed by atoms with van der Waals surface area (Å²) in [6, 6.07) is 13.6. The Labute approximate surface area is 214 Å². The topological polar surface area (TPSA) is 122 Å². The van der Waals surface area contributed by atoms with Gasteiger partial charge in [0.25, 0.3) is 0 Å². The fourth-order valence-corrected chi connectivity index (χ4v) is 3.48. The lowest BCUT2D eigenvalue weighted by molar-refractivity contribution is -0.149. The van der Waals surface area contributed by atoms with Crippen LogP contribution >= 0.6 is 0 Å². The van der Waals surface area contributed by atoms with Crippen molar-refractivity contribution < 1.29 is 23.8 Å². The van der Waals surface area contributed by atoms with E-state index in [0.717, 1.165) is 18.4 Å². The zero-order valence-electron chi connectivity index (χ0n) is 20.9. The van der Waals surface area contributed by atoms with Crippen molar-refractivity contribution in [2.24, 2.45) is 0 Å². The second-order valence-corrected chi connectivity index (χ2v) is 8.73. The van der Waals surface area contributed by atoms with Crippen molar-refractivity contribution in [3.63, 3.8) is 0 Å². The Morgan fingerprint density at radius 2 is 1.81 bits per heavy atom. The Morgan fingerprint density at radius 3 is 2.46 bits per heavy atom. The summed E-state index contributed by atoms with van der Waals surface area (Å²) < 4.78 is 24.4. The number of ether oxygens (including phenoxy) is 2. The van der Waals surface area contributed by atoms with Gasteiger partial charge in [-0.25, -0.2) is 9.18 Å². The third-order valence-electron chi connectivity index (χ3n) is 5.66. The van der Waals surface area contributed by atoms with Gasteiger partial charge in [-0.3, -0.25) is 0 Å². The Balaban J connectivity index is 1.35. The molecule has 1 unspecified atom stereocenters. The third kappa shape index (κ3) is 8.01. The van der Waals surface area contributed by atoms with Crippen LogP contribution in [0, 0.1) is 5.82 Å². The first-order valence-electron chi connectivity index (χ1n) is 12.2. The monoisotopic (exact) mass is 510 g/mol. The molecule has 1 aromatic heterocycles. The fraction of sp³-hybridized carbons (Fsp3) is 0.385. The van der Waals surface area contributed by atoms with Gasteiger partial charge in [-0.05, 0) is 61.7 Å². The minimum Gasteiger partial charge on any atom is -0.492 e. The summed E-state index contributed by atoms with van der Waals surface area (Å²) >= 11 is 0. The first kappa shape index (κ1) is 26.1. The summed E-state index contributed by atoms with van der Waals surface area (Å²) in [6.45, 7) is 3.00. The molecule has 2 aromatic carbocycles. The van der Waals surface area contributed by atoms with E-state index in [1.165, 1.54) is 12.1 Å². The highest BCUT2D eigenvalue weighted by atomic mass is 19.1. The van der Waals surface area contributed by atoms with Crippen LogP contribution in [0.15, 0.2) is 48.5 Å². The van der Waals surface area contributed by atoms with Gasteiger partial charge in [0.1, 0.15) is 18.2 Å². The number of halogens is 1. The smallest absolute Gasteiger partial charge is 0.333 e. The minimum atomic E-state index is -0.977. The first-order valence-corrected chi connectivity index (χ1v) is 12.2. The molecule has 0 radical (unpaired) electrons. The van der Waals surface area contributed by atoms with Crippen LogP contribution in [-0.4, -0.2) is 65.0 Å². The van der Waals surface area contributed by atoms with Crippen LogP contribution in [-0.2, 0) is 16.0 Å². The molecular formula is C26H31FN6O4. The van der Waals surface area contributed by atoms with Crippen molar-refractivity contribution in [1.82, 2.24) is 15.0 Å². The predicted molar refractivity (Wildman–Crippen MR) is 138 cm³/mol. The van der Waals surface area contributed by atoms with E-state index in [9.17, 15) is 14.3 Å². The second-order valence-electron chi connectivity index (χ2n) is 8.73. The maximum atomic E-state index is 13.3. The number of aromatic nitrogens is 3. The molecule has 0 amide bonds. The summed E-state index contributed by atoms with van der Waals surface area (Å²) in [5.41, 5.74) is 1.52. The van der Waals surface area contributed by atoms with Gasteiger partial charge >= 0.3 is 5.97 Å². The maximum Gasteiger partial charge on any atom is 0.333 e. The number of rotatable bonds is 14. The quantitative estimate of drug-likeness (QED) is 0.295. The van der Waals surface area contributed by atoms with E-state index in [-0.39, 0.29) is 12.2 Å². The van der Waals surface area contributed by atoms with E-state index in [1.54, 1.807) is 19.1 Å². The highest BCUT2D eigenvalue weighted by molar-refractivity contribution is 5.72. The number of nitrogens with zero attached hydrogens (tertiary/aromatic N) is 4. The molecule has 0 bridgehead atoms. The molecule has 1 saturated carbocycles. The van der Waals surface area contributed by atoms with Gasteiger partial charge in [0, 0.05) is 31.8 Å². The van der Waals surface area contributed by atoms with E-state index in [4.69, 9.17) is 9.47 Å². The van der Waals surface area contributed by atoms with Gasteiger partial charge in [0.05, 0.1) is 6.54 Å². The van der Waals surface area contributed by atoms with Crippen molar-refractivity contribution in [3.05, 3.63) is 59.9 Å². The van der Waals surface area contributed by atoms with Gasteiger partial charge in [-0.15, -0.1) is 0 Å². The zero-order chi connectivity index (χ0) is 26.2. The van der Waals surface area contributed by atoms with Crippen LogP contribution in [0.1, 0.15) is 25.3 Å². The van der Waals surface area contributed by atoms with Gasteiger partial charge in [0.2, 0.25) is 17.8 Å². The van der Waals surface area contributed by atoms with E-state index in [1.807, 2.05) is 36.2 Å². The van der Waals surface area contributed by atoms with Gasteiger partial charge in [-0.1, -0.05) is 12.1 Å². The minimum absolute atomic E-state index is 0.289. The van der Waals surface area contributed by atoms with E-state index < -0.39 is 12.1 Å².